The van der Waals surface area contributed by atoms with Crippen molar-refractivity contribution in [1.82, 2.24) is 9.97 Å². The number of nitrogens with zero attached hydrogens (tertiary/aromatic N) is 3. The first-order valence-corrected chi connectivity index (χ1v) is 6.15. The standard InChI is InChI=1S/C9H14N4O2S/c1-7(16-2)3-4-10-9-11-5-8(6-12-9)13(14)15/h5-7H,3-4H2,1-2H3,(H,10,11,12). The molecule has 1 atom stereocenters. The smallest absolute Gasteiger partial charge is 0.305 e. The minimum Gasteiger partial charge on any atom is -0.354 e. The zero-order valence-electron chi connectivity index (χ0n) is 9.21. The van der Waals surface area contributed by atoms with E-state index in [-0.39, 0.29) is 5.69 Å². The number of thioether (sulfide) groups is 1. The minimum atomic E-state index is -0.514. The summed E-state index contributed by atoms with van der Waals surface area (Å²) in [6, 6.07) is 0. The van der Waals surface area contributed by atoms with Gasteiger partial charge in [-0.1, -0.05) is 6.92 Å². The van der Waals surface area contributed by atoms with Crippen LogP contribution in [0.25, 0.3) is 0 Å². The summed E-state index contributed by atoms with van der Waals surface area (Å²) >= 11 is 1.80. The Morgan fingerprint density at radius 3 is 2.69 bits per heavy atom. The van der Waals surface area contributed by atoms with Gasteiger partial charge in [0.1, 0.15) is 12.4 Å². The van der Waals surface area contributed by atoms with E-state index in [2.05, 4.69) is 28.5 Å². The highest BCUT2D eigenvalue weighted by molar-refractivity contribution is 7.99. The number of hydrogen-bond donors (Lipinski definition) is 1. The number of nitrogens with one attached hydrogen (secondary N) is 1. The van der Waals surface area contributed by atoms with Crippen molar-refractivity contribution >= 4 is 23.4 Å². The van der Waals surface area contributed by atoms with E-state index >= 15 is 0 Å². The molecule has 1 rings (SSSR count). The van der Waals surface area contributed by atoms with Crippen molar-refractivity contribution in [1.29, 1.82) is 0 Å². The van der Waals surface area contributed by atoms with Gasteiger partial charge in [-0.05, 0) is 12.7 Å². The Morgan fingerprint density at radius 2 is 2.19 bits per heavy atom. The highest BCUT2D eigenvalue weighted by Crippen LogP contribution is 2.11. The molecule has 0 spiro atoms. The quantitative estimate of drug-likeness (QED) is 0.606. The molecule has 0 aliphatic carbocycles. The lowest BCUT2D eigenvalue weighted by molar-refractivity contribution is -0.385. The average Bonchev–Trinajstić information content (AvgIpc) is 2.29. The monoisotopic (exact) mass is 242 g/mol. The highest BCUT2D eigenvalue weighted by atomic mass is 32.2. The first-order valence-electron chi connectivity index (χ1n) is 4.86. The van der Waals surface area contributed by atoms with Gasteiger partial charge in [-0.25, -0.2) is 9.97 Å². The van der Waals surface area contributed by atoms with Crippen LogP contribution in [-0.4, -0.2) is 32.9 Å². The Morgan fingerprint density at radius 1 is 1.56 bits per heavy atom. The van der Waals surface area contributed by atoms with Crippen molar-refractivity contribution < 1.29 is 4.92 Å². The topological polar surface area (TPSA) is 81.0 Å². The molecule has 0 aliphatic heterocycles. The second-order valence-electron chi connectivity index (χ2n) is 3.28. The molecule has 1 N–H and O–H groups in total. The number of nitro groups is 1. The average molecular weight is 242 g/mol. The Kier molecular flexibility index (Phi) is 4.97. The van der Waals surface area contributed by atoms with E-state index < -0.39 is 4.92 Å². The molecule has 1 aromatic rings. The number of rotatable bonds is 6. The Hall–Kier alpha value is -1.37. The van der Waals surface area contributed by atoms with Crippen LogP contribution in [0.5, 0.6) is 0 Å². The van der Waals surface area contributed by atoms with Crippen molar-refractivity contribution in [3.63, 3.8) is 0 Å². The van der Waals surface area contributed by atoms with E-state index in [4.69, 9.17) is 0 Å². The zero-order valence-corrected chi connectivity index (χ0v) is 10.0. The van der Waals surface area contributed by atoms with Gasteiger partial charge in [0.05, 0.1) is 4.92 Å². The molecule has 1 aromatic heterocycles. The lowest BCUT2D eigenvalue weighted by atomic mass is 10.3. The molecule has 0 saturated carbocycles. The number of aromatic nitrogens is 2. The summed E-state index contributed by atoms with van der Waals surface area (Å²) in [5.74, 6) is 0.430. The maximum absolute atomic E-state index is 10.4. The SMILES string of the molecule is CSC(C)CCNc1ncc([N+](=O)[O-])cn1. The predicted octanol–water partition coefficient (Wildman–Crippen LogP) is 1.94. The molecule has 0 fully saturated rings. The summed E-state index contributed by atoms with van der Waals surface area (Å²) in [6.45, 7) is 2.91. The van der Waals surface area contributed by atoms with Gasteiger partial charge in [-0.2, -0.15) is 11.8 Å². The van der Waals surface area contributed by atoms with Crippen molar-refractivity contribution in [2.24, 2.45) is 0 Å². The van der Waals surface area contributed by atoms with Gasteiger partial charge < -0.3 is 5.32 Å². The van der Waals surface area contributed by atoms with E-state index in [0.29, 0.717) is 11.2 Å². The Bertz CT molecular complexity index is 344. The lowest BCUT2D eigenvalue weighted by Gasteiger charge is -2.08. The van der Waals surface area contributed by atoms with Crippen LogP contribution in [0.15, 0.2) is 12.4 Å². The van der Waals surface area contributed by atoms with Crippen molar-refractivity contribution in [3.8, 4) is 0 Å². The molecule has 0 aliphatic rings. The van der Waals surface area contributed by atoms with Crippen molar-refractivity contribution in [3.05, 3.63) is 22.5 Å². The third-order valence-electron chi connectivity index (χ3n) is 2.09. The van der Waals surface area contributed by atoms with Crippen molar-refractivity contribution in [2.45, 2.75) is 18.6 Å². The highest BCUT2D eigenvalue weighted by Gasteiger charge is 2.06. The van der Waals surface area contributed by atoms with Gasteiger partial charge in [0.2, 0.25) is 5.95 Å². The van der Waals surface area contributed by atoms with E-state index in [1.165, 1.54) is 12.4 Å². The molecule has 0 aromatic carbocycles. The van der Waals surface area contributed by atoms with Crippen LogP contribution in [0.1, 0.15) is 13.3 Å². The maximum Gasteiger partial charge on any atom is 0.305 e. The normalized spacial score (nSPS) is 12.1. The summed E-state index contributed by atoms with van der Waals surface area (Å²) in [5.41, 5.74) is -0.0944. The number of hydrogen-bond acceptors (Lipinski definition) is 6. The molecule has 88 valence electrons. The summed E-state index contributed by atoms with van der Waals surface area (Å²) in [5, 5.41) is 13.9. The largest absolute Gasteiger partial charge is 0.354 e. The predicted molar refractivity (Wildman–Crippen MR) is 64.8 cm³/mol. The fraction of sp³-hybridized carbons (Fsp3) is 0.556. The van der Waals surface area contributed by atoms with Gasteiger partial charge in [0, 0.05) is 11.8 Å². The minimum absolute atomic E-state index is 0.0944. The van der Waals surface area contributed by atoms with Crippen LogP contribution in [0.2, 0.25) is 0 Å². The molecule has 0 radical (unpaired) electrons. The maximum atomic E-state index is 10.4. The van der Waals surface area contributed by atoms with Crippen molar-refractivity contribution in [2.75, 3.05) is 18.1 Å². The first kappa shape index (κ1) is 12.7. The summed E-state index contributed by atoms with van der Waals surface area (Å²) < 4.78 is 0. The van der Waals surface area contributed by atoms with E-state index in [0.717, 1.165) is 13.0 Å². The van der Waals surface area contributed by atoms with Crippen LogP contribution in [0.4, 0.5) is 11.6 Å². The van der Waals surface area contributed by atoms with E-state index in [1.54, 1.807) is 11.8 Å². The fourth-order valence-electron chi connectivity index (χ4n) is 1.01. The number of anilines is 1. The molecule has 7 heteroatoms. The zero-order chi connectivity index (χ0) is 12.0. The van der Waals surface area contributed by atoms with Gasteiger partial charge in [0.25, 0.3) is 0 Å². The second kappa shape index (κ2) is 6.26. The van der Waals surface area contributed by atoms with Crippen LogP contribution in [-0.2, 0) is 0 Å². The first-order chi connectivity index (χ1) is 7.63. The second-order valence-corrected chi connectivity index (χ2v) is 4.56. The van der Waals surface area contributed by atoms with Gasteiger partial charge in [-0.3, -0.25) is 10.1 Å². The molecule has 16 heavy (non-hydrogen) atoms. The Labute approximate surface area is 98.0 Å². The Balaban J connectivity index is 2.40. The lowest BCUT2D eigenvalue weighted by Crippen LogP contribution is -2.09. The van der Waals surface area contributed by atoms with Crippen LogP contribution in [0, 0.1) is 10.1 Å². The molecule has 1 heterocycles. The molecule has 0 saturated heterocycles. The van der Waals surface area contributed by atoms with Gasteiger partial charge in [0.15, 0.2) is 0 Å². The molecule has 6 nitrogen and oxygen atoms in total. The third kappa shape index (κ3) is 4.01. The van der Waals surface area contributed by atoms with Crippen LogP contribution >= 0.6 is 11.8 Å². The summed E-state index contributed by atoms with van der Waals surface area (Å²) in [6.07, 6.45) is 5.47. The summed E-state index contributed by atoms with van der Waals surface area (Å²) in [7, 11) is 0. The summed E-state index contributed by atoms with van der Waals surface area (Å²) in [4.78, 5) is 17.5. The van der Waals surface area contributed by atoms with E-state index in [9.17, 15) is 10.1 Å². The molecule has 1 unspecified atom stereocenters. The van der Waals surface area contributed by atoms with Gasteiger partial charge >= 0.3 is 5.69 Å². The van der Waals surface area contributed by atoms with Crippen LogP contribution in [0.3, 0.4) is 0 Å². The molecule has 0 bridgehead atoms. The fourth-order valence-corrected chi connectivity index (χ4v) is 1.37. The van der Waals surface area contributed by atoms with Gasteiger partial charge in [-0.15, -0.1) is 0 Å². The van der Waals surface area contributed by atoms with Crippen LogP contribution < -0.4 is 5.32 Å². The molecular formula is C9H14N4O2S. The molecule has 0 amide bonds. The third-order valence-corrected chi connectivity index (χ3v) is 3.13. The molecular weight excluding hydrogens is 228 g/mol. The van der Waals surface area contributed by atoms with E-state index in [1.807, 2.05) is 0 Å².